The van der Waals surface area contributed by atoms with Gasteiger partial charge in [0.15, 0.2) is 0 Å². The zero-order valence-electron chi connectivity index (χ0n) is 10.0. The molecule has 0 heterocycles. The van der Waals surface area contributed by atoms with Crippen molar-refractivity contribution in [2.24, 2.45) is 11.3 Å². The van der Waals surface area contributed by atoms with Crippen molar-refractivity contribution in [3.63, 3.8) is 0 Å². The van der Waals surface area contributed by atoms with Gasteiger partial charge in [0.2, 0.25) is 0 Å². The van der Waals surface area contributed by atoms with E-state index in [1.54, 1.807) is 0 Å². The molecule has 0 aromatic carbocycles. The fraction of sp³-hybridized carbons (Fsp3) is 1.00. The lowest BCUT2D eigenvalue weighted by Gasteiger charge is -2.27. The summed E-state index contributed by atoms with van der Waals surface area (Å²) in [6.07, 6.45) is 7.67. The predicted molar refractivity (Wildman–Crippen MR) is 65.5 cm³/mol. The summed E-state index contributed by atoms with van der Waals surface area (Å²) in [7, 11) is 0. The van der Waals surface area contributed by atoms with Crippen molar-refractivity contribution in [2.75, 3.05) is 12.0 Å². The number of hydrogen-bond donors (Lipinski definition) is 0. The van der Waals surface area contributed by atoms with Crippen LogP contribution in [0.3, 0.4) is 0 Å². The van der Waals surface area contributed by atoms with Gasteiger partial charge in [0.25, 0.3) is 0 Å². The van der Waals surface area contributed by atoms with Gasteiger partial charge in [0.05, 0.1) is 0 Å². The average Bonchev–Trinajstić information content (AvgIpc) is 2.15. The molecule has 0 amide bonds. The highest BCUT2D eigenvalue weighted by molar-refractivity contribution is 7.98. The maximum Gasteiger partial charge on any atom is -0.00445 e. The lowest BCUT2D eigenvalue weighted by molar-refractivity contribution is 0.252. The molecular weight excluding hydrogens is 176 g/mol. The molecule has 0 aliphatic heterocycles. The van der Waals surface area contributed by atoms with Crippen LogP contribution in [0.2, 0.25) is 0 Å². The summed E-state index contributed by atoms with van der Waals surface area (Å²) in [5.74, 6) is 2.22. The Balaban J connectivity index is 3.71. The van der Waals surface area contributed by atoms with Crippen LogP contribution in [0, 0.1) is 11.3 Å². The van der Waals surface area contributed by atoms with Gasteiger partial charge in [-0.25, -0.2) is 0 Å². The maximum absolute atomic E-state index is 2.43. The van der Waals surface area contributed by atoms with E-state index in [2.05, 4.69) is 34.0 Å². The zero-order valence-corrected chi connectivity index (χ0v) is 10.8. The smallest absolute Gasteiger partial charge is 0.00445 e. The van der Waals surface area contributed by atoms with Crippen molar-refractivity contribution in [3.05, 3.63) is 0 Å². The van der Waals surface area contributed by atoms with Gasteiger partial charge in [0.1, 0.15) is 0 Å². The van der Waals surface area contributed by atoms with Crippen molar-refractivity contribution in [1.29, 1.82) is 0 Å². The topological polar surface area (TPSA) is 0 Å². The fourth-order valence-electron chi connectivity index (χ4n) is 1.57. The Hall–Kier alpha value is 0.350. The second-order valence-corrected chi connectivity index (χ2v) is 5.53. The molecule has 0 nitrogen and oxygen atoms in total. The Kier molecular flexibility index (Phi) is 6.93. The van der Waals surface area contributed by atoms with Gasteiger partial charge in [-0.3, -0.25) is 0 Å². The molecule has 1 unspecified atom stereocenters. The first-order chi connectivity index (χ1) is 6.08. The first-order valence-corrected chi connectivity index (χ1v) is 6.96. The maximum atomic E-state index is 2.43. The molecule has 0 rings (SSSR count). The predicted octanol–water partition coefficient (Wildman–Crippen LogP) is 4.59. The molecule has 1 heteroatoms. The molecule has 0 aliphatic carbocycles. The summed E-state index contributed by atoms with van der Waals surface area (Å²) in [6, 6.07) is 0. The molecule has 1 atom stereocenters. The third-order valence-corrected chi connectivity index (χ3v) is 4.30. The third-order valence-electron chi connectivity index (χ3n) is 3.40. The molecule has 80 valence electrons. The molecule has 0 aliphatic rings. The van der Waals surface area contributed by atoms with E-state index in [0.717, 1.165) is 5.92 Å². The minimum atomic E-state index is 0.604. The van der Waals surface area contributed by atoms with E-state index in [-0.39, 0.29) is 0 Å². The summed E-state index contributed by atoms with van der Waals surface area (Å²) in [4.78, 5) is 0. The van der Waals surface area contributed by atoms with Gasteiger partial charge in [-0.2, -0.15) is 11.8 Å². The van der Waals surface area contributed by atoms with E-state index < -0.39 is 0 Å². The van der Waals surface area contributed by atoms with Gasteiger partial charge >= 0.3 is 0 Å². The van der Waals surface area contributed by atoms with E-state index in [0.29, 0.717) is 5.41 Å². The second-order valence-electron chi connectivity index (χ2n) is 4.62. The van der Waals surface area contributed by atoms with Crippen LogP contribution in [-0.4, -0.2) is 12.0 Å². The van der Waals surface area contributed by atoms with E-state index >= 15 is 0 Å². The molecule has 0 fully saturated rings. The molecule has 0 bridgehead atoms. The Morgan fingerprint density at radius 1 is 1.23 bits per heavy atom. The summed E-state index contributed by atoms with van der Waals surface area (Å²) in [6.45, 7) is 9.45. The Labute approximate surface area is 88.9 Å². The highest BCUT2D eigenvalue weighted by Gasteiger charge is 2.19. The van der Waals surface area contributed by atoms with Gasteiger partial charge in [-0.15, -0.1) is 0 Å². The van der Waals surface area contributed by atoms with Gasteiger partial charge in [0, 0.05) is 0 Å². The molecule has 13 heavy (non-hydrogen) atoms. The molecular formula is C12H26S. The Morgan fingerprint density at radius 2 is 1.77 bits per heavy atom. The highest BCUT2D eigenvalue weighted by Crippen LogP contribution is 2.32. The van der Waals surface area contributed by atoms with Gasteiger partial charge < -0.3 is 0 Å². The van der Waals surface area contributed by atoms with Crippen LogP contribution >= 0.6 is 11.8 Å². The molecule has 0 aromatic rings. The molecule has 0 saturated carbocycles. The van der Waals surface area contributed by atoms with Gasteiger partial charge in [-0.1, -0.05) is 40.5 Å². The number of rotatable bonds is 7. The average molecular weight is 202 g/mol. The summed E-state index contributed by atoms with van der Waals surface area (Å²) < 4.78 is 0. The summed E-state index contributed by atoms with van der Waals surface area (Å²) in [5, 5.41) is 0. The van der Waals surface area contributed by atoms with Crippen molar-refractivity contribution < 1.29 is 0 Å². The van der Waals surface area contributed by atoms with Crippen LogP contribution in [0.1, 0.15) is 53.4 Å². The van der Waals surface area contributed by atoms with Crippen molar-refractivity contribution >= 4 is 11.8 Å². The Bertz CT molecular complexity index is 116. The third kappa shape index (κ3) is 5.61. The standard InChI is InChI=1S/C12H26S/c1-6-12(4,7-2)9-8-11(3)10-13-5/h11H,6-10H2,1-5H3. The number of thioether (sulfide) groups is 1. The molecule has 0 saturated heterocycles. The van der Waals surface area contributed by atoms with Crippen LogP contribution in [0.5, 0.6) is 0 Å². The van der Waals surface area contributed by atoms with Crippen LogP contribution in [0.25, 0.3) is 0 Å². The zero-order chi connectivity index (χ0) is 10.3. The molecule has 0 spiro atoms. The molecule has 0 radical (unpaired) electrons. The summed E-state index contributed by atoms with van der Waals surface area (Å²) in [5.41, 5.74) is 0.604. The monoisotopic (exact) mass is 202 g/mol. The van der Waals surface area contributed by atoms with E-state index in [4.69, 9.17) is 0 Å². The Morgan fingerprint density at radius 3 is 2.15 bits per heavy atom. The SMILES string of the molecule is CCC(C)(CC)CCC(C)CSC. The normalized spacial score (nSPS) is 14.5. The van der Waals surface area contributed by atoms with Crippen molar-refractivity contribution in [3.8, 4) is 0 Å². The first-order valence-electron chi connectivity index (χ1n) is 5.57. The second kappa shape index (κ2) is 6.75. The van der Waals surface area contributed by atoms with E-state index in [9.17, 15) is 0 Å². The van der Waals surface area contributed by atoms with Crippen LogP contribution < -0.4 is 0 Å². The lowest BCUT2D eigenvalue weighted by atomic mass is 9.79. The van der Waals surface area contributed by atoms with Crippen molar-refractivity contribution in [1.82, 2.24) is 0 Å². The minimum Gasteiger partial charge on any atom is -0.165 e. The van der Waals surface area contributed by atoms with Crippen LogP contribution in [-0.2, 0) is 0 Å². The van der Waals surface area contributed by atoms with Crippen LogP contribution in [0.15, 0.2) is 0 Å². The van der Waals surface area contributed by atoms with E-state index in [1.807, 2.05) is 11.8 Å². The molecule has 0 N–H and O–H groups in total. The largest absolute Gasteiger partial charge is 0.165 e. The lowest BCUT2D eigenvalue weighted by Crippen LogP contribution is -2.15. The van der Waals surface area contributed by atoms with Crippen LogP contribution in [0.4, 0.5) is 0 Å². The van der Waals surface area contributed by atoms with Gasteiger partial charge in [-0.05, 0) is 36.2 Å². The summed E-state index contributed by atoms with van der Waals surface area (Å²) >= 11 is 1.98. The first kappa shape index (κ1) is 13.4. The minimum absolute atomic E-state index is 0.604. The fourth-order valence-corrected chi connectivity index (χ4v) is 2.30. The highest BCUT2D eigenvalue weighted by atomic mass is 32.2. The number of hydrogen-bond acceptors (Lipinski definition) is 1. The molecule has 0 aromatic heterocycles. The van der Waals surface area contributed by atoms with E-state index in [1.165, 1.54) is 31.4 Å². The van der Waals surface area contributed by atoms with Crippen molar-refractivity contribution in [2.45, 2.75) is 53.4 Å². The quantitative estimate of drug-likeness (QED) is 0.582.